The zero-order valence-electron chi connectivity index (χ0n) is 14.6. The van der Waals surface area contributed by atoms with Crippen LogP contribution < -0.4 is 20.1 Å². The number of methoxy groups -OCH3 is 2. The second kappa shape index (κ2) is 8.57. The number of hydrogen-bond donors (Lipinski definition) is 2. The molecule has 0 aromatic heterocycles. The van der Waals surface area contributed by atoms with Crippen molar-refractivity contribution in [2.45, 2.75) is 39.0 Å². The number of ether oxygens (including phenoxy) is 2. The predicted molar refractivity (Wildman–Crippen MR) is 92.5 cm³/mol. The maximum absolute atomic E-state index is 12.1. The molecule has 0 saturated heterocycles. The van der Waals surface area contributed by atoms with Gasteiger partial charge in [0, 0.05) is 30.6 Å². The summed E-state index contributed by atoms with van der Waals surface area (Å²) in [5, 5.41) is 5.71. The Balaban J connectivity index is 1.84. The van der Waals surface area contributed by atoms with Crippen molar-refractivity contribution in [3.8, 4) is 11.5 Å². The third-order valence-electron chi connectivity index (χ3n) is 4.38. The van der Waals surface area contributed by atoms with E-state index in [-0.39, 0.29) is 24.2 Å². The van der Waals surface area contributed by atoms with Crippen LogP contribution in [-0.4, -0.2) is 32.6 Å². The van der Waals surface area contributed by atoms with Gasteiger partial charge in [0.05, 0.1) is 14.2 Å². The summed E-state index contributed by atoms with van der Waals surface area (Å²) < 4.78 is 10.5. The Morgan fingerprint density at radius 1 is 1.12 bits per heavy atom. The summed E-state index contributed by atoms with van der Waals surface area (Å²) in [5.41, 5.74) is 1.57. The fourth-order valence-corrected chi connectivity index (χ4v) is 2.96. The summed E-state index contributed by atoms with van der Waals surface area (Å²) in [5.74, 6) is 1.24. The van der Waals surface area contributed by atoms with Crippen molar-refractivity contribution in [2.24, 2.45) is 5.92 Å². The molecule has 0 heterocycles. The summed E-state index contributed by atoms with van der Waals surface area (Å²) in [4.78, 5) is 24.0. The SMILES string of the molecule is COc1cc(C)c(NC(=O)CCNC(=O)C2CCCC2)cc1OC. The first-order valence-corrected chi connectivity index (χ1v) is 8.35. The van der Waals surface area contributed by atoms with Gasteiger partial charge in [0.25, 0.3) is 0 Å². The molecule has 0 atom stereocenters. The van der Waals surface area contributed by atoms with Crippen LogP contribution in [0.4, 0.5) is 5.69 Å². The number of nitrogens with one attached hydrogen (secondary N) is 2. The second-order valence-corrected chi connectivity index (χ2v) is 6.09. The molecule has 2 rings (SSSR count). The van der Waals surface area contributed by atoms with Crippen molar-refractivity contribution in [1.29, 1.82) is 0 Å². The van der Waals surface area contributed by atoms with Crippen LogP contribution in [0.15, 0.2) is 12.1 Å². The van der Waals surface area contributed by atoms with Gasteiger partial charge >= 0.3 is 0 Å². The van der Waals surface area contributed by atoms with Crippen LogP contribution in [0.25, 0.3) is 0 Å². The van der Waals surface area contributed by atoms with Gasteiger partial charge in [-0.05, 0) is 31.4 Å². The Hall–Kier alpha value is -2.24. The van der Waals surface area contributed by atoms with E-state index >= 15 is 0 Å². The van der Waals surface area contributed by atoms with E-state index in [2.05, 4.69) is 10.6 Å². The number of rotatable bonds is 7. The molecule has 132 valence electrons. The van der Waals surface area contributed by atoms with E-state index in [1.807, 2.05) is 13.0 Å². The van der Waals surface area contributed by atoms with Gasteiger partial charge in [-0.15, -0.1) is 0 Å². The normalized spacial score (nSPS) is 14.3. The van der Waals surface area contributed by atoms with Crippen molar-refractivity contribution in [2.75, 3.05) is 26.1 Å². The van der Waals surface area contributed by atoms with Crippen LogP contribution in [0.1, 0.15) is 37.7 Å². The van der Waals surface area contributed by atoms with Crippen LogP contribution in [-0.2, 0) is 9.59 Å². The quantitative estimate of drug-likeness (QED) is 0.804. The van der Waals surface area contributed by atoms with Crippen LogP contribution >= 0.6 is 0 Å². The zero-order valence-corrected chi connectivity index (χ0v) is 14.6. The largest absolute Gasteiger partial charge is 0.493 e. The average Bonchev–Trinajstić information content (AvgIpc) is 3.10. The molecule has 0 spiro atoms. The first kappa shape index (κ1) is 18.1. The number of carbonyl (C=O) groups is 2. The molecule has 1 aliphatic carbocycles. The molecule has 24 heavy (non-hydrogen) atoms. The monoisotopic (exact) mass is 334 g/mol. The van der Waals surface area contributed by atoms with Crippen LogP contribution in [0, 0.1) is 12.8 Å². The van der Waals surface area contributed by atoms with Crippen molar-refractivity contribution in [3.63, 3.8) is 0 Å². The topological polar surface area (TPSA) is 76.7 Å². The molecule has 1 aromatic carbocycles. The zero-order chi connectivity index (χ0) is 17.5. The summed E-state index contributed by atoms with van der Waals surface area (Å²) >= 11 is 0. The molecule has 6 heteroatoms. The maximum Gasteiger partial charge on any atom is 0.226 e. The lowest BCUT2D eigenvalue weighted by molar-refractivity contribution is -0.124. The molecule has 0 bridgehead atoms. The van der Waals surface area contributed by atoms with Gasteiger partial charge in [-0.2, -0.15) is 0 Å². The summed E-state index contributed by atoms with van der Waals surface area (Å²) in [6.45, 7) is 2.24. The fourth-order valence-electron chi connectivity index (χ4n) is 2.96. The average molecular weight is 334 g/mol. The molecule has 2 amide bonds. The molecule has 0 aliphatic heterocycles. The number of anilines is 1. The summed E-state index contributed by atoms with van der Waals surface area (Å²) in [6, 6.07) is 3.56. The molecule has 0 unspecified atom stereocenters. The number of benzene rings is 1. The molecule has 2 N–H and O–H groups in total. The molecule has 1 fully saturated rings. The summed E-state index contributed by atoms with van der Waals surface area (Å²) in [6.07, 6.45) is 4.41. The van der Waals surface area contributed by atoms with E-state index in [0.717, 1.165) is 31.2 Å². The lowest BCUT2D eigenvalue weighted by atomic mass is 10.1. The van der Waals surface area contributed by atoms with Gasteiger partial charge in [0.2, 0.25) is 11.8 Å². The minimum absolute atomic E-state index is 0.0718. The third-order valence-corrected chi connectivity index (χ3v) is 4.38. The smallest absolute Gasteiger partial charge is 0.226 e. The third kappa shape index (κ3) is 4.63. The Bertz CT molecular complexity index is 595. The minimum Gasteiger partial charge on any atom is -0.493 e. The molecule has 1 saturated carbocycles. The van der Waals surface area contributed by atoms with Gasteiger partial charge < -0.3 is 20.1 Å². The molecule has 0 radical (unpaired) electrons. The number of carbonyl (C=O) groups excluding carboxylic acids is 2. The highest BCUT2D eigenvalue weighted by Gasteiger charge is 2.22. The van der Waals surface area contributed by atoms with E-state index in [4.69, 9.17) is 9.47 Å². The highest BCUT2D eigenvalue weighted by atomic mass is 16.5. The minimum atomic E-state index is -0.142. The van der Waals surface area contributed by atoms with E-state index in [0.29, 0.717) is 23.7 Å². The lowest BCUT2D eigenvalue weighted by Gasteiger charge is -2.14. The van der Waals surface area contributed by atoms with E-state index < -0.39 is 0 Å². The van der Waals surface area contributed by atoms with Gasteiger partial charge in [-0.1, -0.05) is 12.8 Å². The Labute approximate surface area is 142 Å². The number of hydrogen-bond acceptors (Lipinski definition) is 4. The number of aryl methyl sites for hydroxylation is 1. The first-order valence-electron chi connectivity index (χ1n) is 8.35. The Morgan fingerprint density at radius 2 is 1.75 bits per heavy atom. The van der Waals surface area contributed by atoms with Gasteiger partial charge in [0.15, 0.2) is 11.5 Å². The van der Waals surface area contributed by atoms with Crippen molar-refractivity contribution < 1.29 is 19.1 Å². The summed E-state index contributed by atoms with van der Waals surface area (Å²) in [7, 11) is 3.12. The van der Waals surface area contributed by atoms with E-state index in [1.54, 1.807) is 20.3 Å². The number of amides is 2. The molecule has 1 aliphatic rings. The second-order valence-electron chi connectivity index (χ2n) is 6.09. The molecule has 1 aromatic rings. The van der Waals surface area contributed by atoms with E-state index in [9.17, 15) is 9.59 Å². The molecule has 6 nitrogen and oxygen atoms in total. The van der Waals surface area contributed by atoms with Crippen LogP contribution in [0.2, 0.25) is 0 Å². The molecular weight excluding hydrogens is 308 g/mol. The standard InChI is InChI=1S/C18H26N2O4/c1-12-10-15(23-2)16(24-3)11-14(12)20-17(21)8-9-19-18(22)13-6-4-5-7-13/h10-11,13H,4-9H2,1-3H3,(H,19,22)(H,20,21). The van der Waals surface area contributed by atoms with Crippen molar-refractivity contribution in [3.05, 3.63) is 17.7 Å². The van der Waals surface area contributed by atoms with Crippen LogP contribution in [0.3, 0.4) is 0 Å². The van der Waals surface area contributed by atoms with E-state index in [1.165, 1.54) is 0 Å². The van der Waals surface area contributed by atoms with Crippen LogP contribution in [0.5, 0.6) is 11.5 Å². The van der Waals surface area contributed by atoms with Gasteiger partial charge in [-0.3, -0.25) is 9.59 Å². The highest BCUT2D eigenvalue weighted by Crippen LogP contribution is 2.32. The lowest BCUT2D eigenvalue weighted by Crippen LogP contribution is -2.32. The predicted octanol–water partition coefficient (Wildman–Crippen LogP) is 2.65. The maximum atomic E-state index is 12.1. The fraction of sp³-hybridized carbons (Fsp3) is 0.556. The van der Waals surface area contributed by atoms with Gasteiger partial charge in [-0.25, -0.2) is 0 Å². The Morgan fingerprint density at radius 3 is 2.38 bits per heavy atom. The van der Waals surface area contributed by atoms with Gasteiger partial charge in [0.1, 0.15) is 0 Å². The highest BCUT2D eigenvalue weighted by molar-refractivity contribution is 5.92. The molecular formula is C18H26N2O4. The van der Waals surface area contributed by atoms with Crippen molar-refractivity contribution in [1.82, 2.24) is 5.32 Å². The Kier molecular flexibility index (Phi) is 6.46. The first-order chi connectivity index (χ1) is 11.5. The van der Waals surface area contributed by atoms with Crippen molar-refractivity contribution >= 4 is 17.5 Å².